The van der Waals surface area contributed by atoms with Gasteiger partial charge in [0, 0.05) is 6.42 Å². The molecule has 0 heterocycles. The zero-order valence-electron chi connectivity index (χ0n) is 7.46. The molecule has 2 rings (SSSR count). The number of rotatable bonds is 2. The molecule has 0 saturated heterocycles. The highest BCUT2D eigenvalue weighted by molar-refractivity contribution is 5.72. The van der Waals surface area contributed by atoms with Crippen molar-refractivity contribution in [1.82, 2.24) is 0 Å². The van der Waals surface area contributed by atoms with Crippen LogP contribution in [0.5, 0.6) is 0 Å². The number of allylic oxidation sites excluding steroid dienone is 2. The third-order valence-electron chi connectivity index (χ3n) is 2.44. The van der Waals surface area contributed by atoms with E-state index in [4.69, 9.17) is 5.26 Å². The van der Waals surface area contributed by atoms with Gasteiger partial charge in [-0.1, -0.05) is 30.3 Å². The van der Waals surface area contributed by atoms with Gasteiger partial charge in [0.25, 0.3) is 0 Å². The molecule has 1 heteroatoms. The fourth-order valence-electron chi connectivity index (χ4n) is 1.78. The Kier molecular flexibility index (Phi) is 2.14. The summed E-state index contributed by atoms with van der Waals surface area (Å²) in [5.41, 5.74) is 4.09. The third-order valence-corrected chi connectivity index (χ3v) is 2.44. The lowest BCUT2D eigenvalue weighted by atomic mass is 10.0. The van der Waals surface area contributed by atoms with E-state index < -0.39 is 0 Å². The zero-order chi connectivity index (χ0) is 9.10. The van der Waals surface area contributed by atoms with E-state index in [9.17, 15) is 0 Å². The average molecular weight is 169 g/mol. The monoisotopic (exact) mass is 169 g/mol. The molecule has 0 atom stereocenters. The van der Waals surface area contributed by atoms with Crippen LogP contribution in [0.15, 0.2) is 30.3 Å². The van der Waals surface area contributed by atoms with Crippen LogP contribution in [0, 0.1) is 11.3 Å². The van der Waals surface area contributed by atoms with Crippen LogP contribution in [0.1, 0.15) is 24.0 Å². The van der Waals surface area contributed by atoms with Crippen molar-refractivity contribution in [3.05, 3.63) is 41.5 Å². The van der Waals surface area contributed by atoms with Gasteiger partial charge in [-0.25, -0.2) is 0 Å². The van der Waals surface area contributed by atoms with Crippen molar-refractivity contribution >= 4 is 5.57 Å². The lowest BCUT2D eigenvalue weighted by Crippen LogP contribution is -1.83. The smallest absolute Gasteiger partial charge is 0.0625 e. The van der Waals surface area contributed by atoms with Crippen molar-refractivity contribution in [3.63, 3.8) is 0 Å². The Labute approximate surface area is 78.3 Å². The lowest BCUT2D eigenvalue weighted by Gasteiger charge is -2.02. The summed E-state index contributed by atoms with van der Waals surface area (Å²) in [6.45, 7) is 0. The van der Waals surface area contributed by atoms with Gasteiger partial charge in [0.1, 0.15) is 0 Å². The summed E-state index contributed by atoms with van der Waals surface area (Å²) in [6, 6.07) is 10.6. The lowest BCUT2D eigenvalue weighted by molar-refractivity contribution is 1.08. The molecule has 1 aliphatic rings. The van der Waals surface area contributed by atoms with Crippen molar-refractivity contribution in [3.8, 4) is 6.07 Å². The molecule has 1 aromatic carbocycles. The van der Waals surface area contributed by atoms with Crippen LogP contribution in [0.3, 0.4) is 0 Å². The van der Waals surface area contributed by atoms with Crippen LogP contribution >= 0.6 is 0 Å². The molecule has 0 bridgehead atoms. The van der Waals surface area contributed by atoms with E-state index >= 15 is 0 Å². The molecule has 0 radical (unpaired) electrons. The minimum Gasteiger partial charge on any atom is -0.198 e. The van der Waals surface area contributed by atoms with Crippen molar-refractivity contribution < 1.29 is 0 Å². The minimum atomic E-state index is 0.625. The van der Waals surface area contributed by atoms with Gasteiger partial charge in [0.05, 0.1) is 6.07 Å². The zero-order valence-corrected chi connectivity index (χ0v) is 7.46. The first-order valence-corrected chi connectivity index (χ1v) is 4.56. The fraction of sp³-hybridized carbons (Fsp3) is 0.250. The first kappa shape index (κ1) is 8.07. The van der Waals surface area contributed by atoms with Gasteiger partial charge >= 0.3 is 0 Å². The van der Waals surface area contributed by atoms with Crippen LogP contribution in [-0.2, 0) is 6.42 Å². The summed E-state index contributed by atoms with van der Waals surface area (Å²) in [4.78, 5) is 0. The maximum Gasteiger partial charge on any atom is 0.0625 e. The molecule has 0 saturated carbocycles. The van der Waals surface area contributed by atoms with E-state index in [1.54, 1.807) is 0 Å². The van der Waals surface area contributed by atoms with Gasteiger partial charge < -0.3 is 0 Å². The number of benzene rings is 1. The van der Waals surface area contributed by atoms with Crippen molar-refractivity contribution in [2.45, 2.75) is 19.3 Å². The molecule has 1 aliphatic carbocycles. The van der Waals surface area contributed by atoms with Crippen molar-refractivity contribution in [1.29, 1.82) is 5.26 Å². The maximum absolute atomic E-state index is 8.50. The molecular formula is C12H11N. The first-order valence-electron chi connectivity index (χ1n) is 4.56. The second-order valence-corrected chi connectivity index (χ2v) is 3.25. The first-order chi connectivity index (χ1) is 6.42. The molecule has 1 aromatic rings. The fourth-order valence-corrected chi connectivity index (χ4v) is 1.78. The highest BCUT2D eigenvalue weighted by Crippen LogP contribution is 2.29. The quantitative estimate of drug-likeness (QED) is 0.667. The SMILES string of the molecule is N#CCCC1=CCc2ccccc21. The predicted molar refractivity (Wildman–Crippen MR) is 53.0 cm³/mol. The number of fused-ring (bicyclic) bond motifs is 1. The van der Waals surface area contributed by atoms with Crippen LogP contribution in [0.4, 0.5) is 0 Å². The van der Waals surface area contributed by atoms with Crippen LogP contribution in [-0.4, -0.2) is 0 Å². The maximum atomic E-state index is 8.50. The van der Waals surface area contributed by atoms with Gasteiger partial charge in [-0.05, 0) is 29.5 Å². The Morgan fingerprint density at radius 3 is 3.00 bits per heavy atom. The second-order valence-electron chi connectivity index (χ2n) is 3.25. The van der Waals surface area contributed by atoms with E-state index in [1.807, 2.05) is 0 Å². The number of hydrogen-bond donors (Lipinski definition) is 0. The molecule has 13 heavy (non-hydrogen) atoms. The van der Waals surface area contributed by atoms with Crippen molar-refractivity contribution in [2.75, 3.05) is 0 Å². The normalized spacial score (nSPS) is 13.3. The van der Waals surface area contributed by atoms with E-state index in [0.29, 0.717) is 6.42 Å². The van der Waals surface area contributed by atoms with Gasteiger partial charge in [-0.2, -0.15) is 5.26 Å². The summed E-state index contributed by atoms with van der Waals surface area (Å²) in [7, 11) is 0. The Morgan fingerprint density at radius 1 is 1.31 bits per heavy atom. The van der Waals surface area contributed by atoms with Crippen molar-refractivity contribution in [2.24, 2.45) is 0 Å². The van der Waals surface area contributed by atoms with E-state index in [1.165, 1.54) is 16.7 Å². The average Bonchev–Trinajstić information content (AvgIpc) is 2.58. The highest BCUT2D eigenvalue weighted by Gasteiger charge is 2.11. The van der Waals surface area contributed by atoms with Crippen LogP contribution < -0.4 is 0 Å². The number of nitriles is 1. The van der Waals surface area contributed by atoms with E-state index in [2.05, 4.69) is 36.4 Å². The largest absolute Gasteiger partial charge is 0.198 e. The van der Waals surface area contributed by atoms with E-state index in [-0.39, 0.29) is 0 Å². The Morgan fingerprint density at radius 2 is 2.15 bits per heavy atom. The van der Waals surface area contributed by atoms with Crippen LogP contribution in [0.2, 0.25) is 0 Å². The highest BCUT2D eigenvalue weighted by atomic mass is 14.2. The summed E-state index contributed by atoms with van der Waals surface area (Å²) in [5.74, 6) is 0. The number of hydrogen-bond acceptors (Lipinski definition) is 1. The number of nitrogens with zero attached hydrogens (tertiary/aromatic N) is 1. The summed E-state index contributed by atoms with van der Waals surface area (Å²) >= 11 is 0. The van der Waals surface area contributed by atoms with Crippen LogP contribution in [0.25, 0.3) is 5.57 Å². The molecule has 64 valence electrons. The molecule has 1 nitrogen and oxygen atoms in total. The molecule has 0 spiro atoms. The predicted octanol–water partition coefficient (Wildman–Crippen LogP) is 2.93. The van der Waals surface area contributed by atoms with Gasteiger partial charge in [0.2, 0.25) is 0 Å². The summed E-state index contributed by atoms with van der Waals surface area (Å²) in [5, 5.41) is 8.50. The molecule has 0 aliphatic heterocycles. The third kappa shape index (κ3) is 1.48. The Bertz CT molecular complexity index is 382. The molecule has 0 aromatic heterocycles. The topological polar surface area (TPSA) is 23.8 Å². The molecule has 0 unspecified atom stereocenters. The summed E-state index contributed by atoms with van der Waals surface area (Å²) in [6.07, 6.45) is 4.80. The van der Waals surface area contributed by atoms with Gasteiger partial charge in [-0.15, -0.1) is 0 Å². The summed E-state index contributed by atoms with van der Waals surface area (Å²) < 4.78 is 0. The molecule has 0 fully saturated rings. The van der Waals surface area contributed by atoms with Gasteiger partial charge in [-0.3, -0.25) is 0 Å². The standard InChI is InChI=1S/C12H11N/c13-9-3-5-11-8-7-10-4-1-2-6-12(10)11/h1-2,4,6,8H,3,5,7H2. The molecule has 0 amide bonds. The van der Waals surface area contributed by atoms with Gasteiger partial charge in [0.15, 0.2) is 0 Å². The molecule has 0 N–H and O–H groups in total. The molecular weight excluding hydrogens is 158 g/mol. The minimum absolute atomic E-state index is 0.625. The Balaban J connectivity index is 2.22. The second kappa shape index (κ2) is 3.45. The van der Waals surface area contributed by atoms with E-state index in [0.717, 1.165) is 12.8 Å². The Hall–Kier alpha value is -1.55.